The summed E-state index contributed by atoms with van der Waals surface area (Å²) >= 11 is 0. The summed E-state index contributed by atoms with van der Waals surface area (Å²) in [5.41, 5.74) is 0.989. The first kappa shape index (κ1) is 13.4. The van der Waals surface area contributed by atoms with Crippen LogP contribution in [-0.4, -0.2) is 18.4 Å². The van der Waals surface area contributed by atoms with E-state index in [9.17, 15) is 12.8 Å². The molecule has 0 fully saturated rings. The van der Waals surface area contributed by atoms with Crippen LogP contribution in [0.3, 0.4) is 0 Å². The summed E-state index contributed by atoms with van der Waals surface area (Å²) in [6.45, 7) is 0. The predicted octanol–water partition coefficient (Wildman–Crippen LogP) is 2.57. The summed E-state index contributed by atoms with van der Waals surface area (Å²) in [4.78, 5) is 7.70. The minimum absolute atomic E-state index is 0.249. The van der Waals surface area contributed by atoms with Gasteiger partial charge in [-0.2, -0.15) is 8.42 Å². The number of halogens is 1. The van der Waals surface area contributed by atoms with E-state index in [0.29, 0.717) is 0 Å². The van der Waals surface area contributed by atoms with Crippen LogP contribution in [0.15, 0.2) is 59.9 Å². The van der Waals surface area contributed by atoms with Crippen molar-refractivity contribution in [2.45, 2.75) is 5.03 Å². The molecule has 0 saturated carbocycles. The van der Waals surface area contributed by atoms with Crippen molar-refractivity contribution in [2.24, 2.45) is 0 Å². The zero-order valence-corrected chi connectivity index (χ0v) is 11.5. The Bertz CT molecular complexity index is 913. The third-order valence-corrected chi connectivity index (χ3v) is 4.14. The highest BCUT2D eigenvalue weighted by Crippen LogP contribution is 2.19. The fourth-order valence-electron chi connectivity index (χ4n) is 1.90. The molecule has 2 heterocycles. The molecule has 2 aromatic heterocycles. The van der Waals surface area contributed by atoms with E-state index in [4.69, 9.17) is 0 Å². The van der Waals surface area contributed by atoms with Crippen molar-refractivity contribution in [1.82, 2.24) is 9.97 Å². The number of sulfonamides is 1. The van der Waals surface area contributed by atoms with Crippen molar-refractivity contribution in [3.8, 4) is 0 Å². The lowest BCUT2D eigenvalue weighted by Crippen LogP contribution is -2.16. The van der Waals surface area contributed by atoms with Crippen molar-refractivity contribution in [3.05, 3.63) is 60.7 Å². The molecule has 0 saturated heterocycles. The fourth-order valence-corrected chi connectivity index (χ4v) is 2.94. The van der Waals surface area contributed by atoms with Crippen LogP contribution in [0.4, 0.5) is 10.1 Å². The van der Waals surface area contributed by atoms with Crippen molar-refractivity contribution in [1.29, 1.82) is 0 Å². The Balaban J connectivity index is 1.99. The van der Waals surface area contributed by atoms with Crippen LogP contribution in [0.2, 0.25) is 0 Å². The van der Waals surface area contributed by atoms with E-state index in [2.05, 4.69) is 14.7 Å². The molecule has 0 amide bonds. The largest absolute Gasteiger partial charge is 0.282 e. The molecule has 1 N–H and O–H groups in total. The van der Waals surface area contributed by atoms with E-state index in [1.165, 1.54) is 18.5 Å². The molecule has 0 unspecified atom stereocenters. The third kappa shape index (κ3) is 2.68. The first-order valence-corrected chi connectivity index (χ1v) is 7.53. The van der Waals surface area contributed by atoms with Gasteiger partial charge in [0.1, 0.15) is 0 Å². The summed E-state index contributed by atoms with van der Waals surface area (Å²) in [6, 6.07) is 11.3. The molecule has 5 nitrogen and oxygen atoms in total. The molecular weight excluding hydrogens is 293 g/mol. The smallest absolute Gasteiger partial charge is 0.277 e. The molecular formula is C14H10FN3O2S. The van der Waals surface area contributed by atoms with Gasteiger partial charge in [0.25, 0.3) is 10.0 Å². The number of benzene rings is 1. The van der Waals surface area contributed by atoms with Gasteiger partial charge in [0.15, 0.2) is 5.82 Å². The van der Waals surface area contributed by atoms with E-state index < -0.39 is 20.9 Å². The van der Waals surface area contributed by atoms with Gasteiger partial charge in [-0.1, -0.05) is 18.2 Å². The van der Waals surface area contributed by atoms with E-state index in [0.717, 1.165) is 17.0 Å². The fraction of sp³-hybridized carbons (Fsp3) is 0. The highest BCUT2D eigenvalue weighted by molar-refractivity contribution is 7.92. The quantitative estimate of drug-likeness (QED) is 0.807. The van der Waals surface area contributed by atoms with Gasteiger partial charge >= 0.3 is 0 Å². The normalized spacial score (nSPS) is 11.5. The Morgan fingerprint density at radius 1 is 1.05 bits per heavy atom. The lowest BCUT2D eigenvalue weighted by molar-refractivity contribution is 0.557. The number of fused-ring (bicyclic) bond motifs is 1. The SMILES string of the molecule is O=S(=O)(Nc1cnc2ccccc2c1)c1ncccc1F. The second-order valence-corrected chi connectivity index (χ2v) is 5.91. The van der Waals surface area contributed by atoms with Crippen molar-refractivity contribution < 1.29 is 12.8 Å². The van der Waals surface area contributed by atoms with E-state index in [-0.39, 0.29) is 5.69 Å². The van der Waals surface area contributed by atoms with Gasteiger partial charge in [0, 0.05) is 11.6 Å². The average molecular weight is 303 g/mol. The molecule has 3 aromatic rings. The Morgan fingerprint density at radius 2 is 1.86 bits per heavy atom. The monoisotopic (exact) mass is 303 g/mol. The molecule has 106 valence electrons. The second kappa shape index (κ2) is 5.10. The molecule has 3 rings (SSSR count). The topological polar surface area (TPSA) is 72.0 Å². The number of pyridine rings is 2. The highest BCUT2D eigenvalue weighted by atomic mass is 32.2. The van der Waals surface area contributed by atoms with Gasteiger partial charge < -0.3 is 0 Å². The van der Waals surface area contributed by atoms with Crippen molar-refractivity contribution in [2.75, 3.05) is 4.72 Å². The lowest BCUT2D eigenvalue weighted by atomic mass is 10.2. The highest BCUT2D eigenvalue weighted by Gasteiger charge is 2.20. The Kier molecular flexibility index (Phi) is 3.26. The van der Waals surface area contributed by atoms with Crippen LogP contribution in [0.5, 0.6) is 0 Å². The van der Waals surface area contributed by atoms with Gasteiger partial charge in [-0.3, -0.25) is 9.71 Å². The minimum atomic E-state index is -4.09. The Morgan fingerprint density at radius 3 is 2.67 bits per heavy atom. The number of hydrogen-bond donors (Lipinski definition) is 1. The zero-order valence-electron chi connectivity index (χ0n) is 10.7. The van der Waals surface area contributed by atoms with Gasteiger partial charge in [-0.15, -0.1) is 0 Å². The van der Waals surface area contributed by atoms with E-state index in [1.54, 1.807) is 6.07 Å². The van der Waals surface area contributed by atoms with Crippen LogP contribution in [-0.2, 0) is 10.0 Å². The van der Waals surface area contributed by atoms with Crippen LogP contribution < -0.4 is 4.72 Å². The number of nitrogens with zero attached hydrogens (tertiary/aromatic N) is 2. The molecule has 21 heavy (non-hydrogen) atoms. The van der Waals surface area contributed by atoms with Crippen LogP contribution in [0, 0.1) is 5.82 Å². The maximum atomic E-state index is 13.5. The third-order valence-electron chi connectivity index (χ3n) is 2.82. The lowest BCUT2D eigenvalue weighted by Gasteiger charge is -2.08. The number of nitrogens with one attached hydrogen (secondary N) is 1. The minimum Gasteiger partial charge on any atom is -0.277 e. The predicted molar refractivity (Wildman–Crippen MR) is 76.7 cm³/mol. The van der Waals surface area contributed by atoms with Gasteiger partial charge in [0.05, 0.1) is 17.4 Å². The van der Waals surface area contributed by atoms with Gasteiger partial charge in [0.2, 0.25) is 5.03 Å². The first-order chi connectivity index (χ1) is 10.1. The maximum absolute atomic E-state index is 13.5. The van der Waals surface area contributed by atoms with Crippen LogP contribution in [0.1, 0.15) is 0 Å². The number of rotatable bonds is 3. The van der Waals surface area contributed by atoms with E-state index >= 15 is 0 Å². The van der Waals surface area contributed by atoms with Crippen LogP contribution in [0.25, 0.3) is 10.9 Å². The zero-order chi connectivity index (χ0) is 14.9. The molecule has 0 atom stereocenters. The summed E-state index contributed by atoms with van der Waals surface area (Å²) in [5, 5.41) is 0.136. The van der Waals surface area contributed by atoms with Crippen molar-refractivity contribution in [3.63, 3.8) is 0 Å². The molecule has 0 spiro atoms. The molecule has 0 aliphatic heterocycles. The first-order valence-electron chi connectivity index (χ1n) is 6.04. The second-order valence-electron chi connectivity index (χ2n) is 4.31. The Hall–Kier alpha value is -2.54. The number of aromatic nitrogens is 2. The van der Waals surface area contributed by atoms with E-state index in [1.807, 2.05) is 24.3 Å². The summed E-state index contributed by atoms with van der Waals surface area (Å²) in [6.07, 6.45) is 2.59. The molecule has 0 bridgehead atoms. The van der Waals surface area contributed by atoms with Crippen molar-refractivity contribution >= 4 is 26.6 Å². The summed E-state index contributed by atoms with van der Waals surface area (Å²) in [7, 11) is -4.09. The summed E-state index contributed by atoms with van der Waals surface area (Å²) in [5.74, 6) is -0.904. The number of para-hydroxylation sites is 1. The molecule has 0 aliphatic carbocycles. The number of anilines is 1. The number of hydrogen-bond acceptors (Lipinski definition) is 4. The average Bonchev–Trinajstić information content (AvgIpc) is 2.47. The Labute approximate surface area is 120 Å². The van der Waals surface area contributed by atoms with Gasteiger partial charge in [-0.05, 0) is 24.3 Å². The standard InChI is InChI=1S/C14H10FN3O2S/c15-12-5-3-7-16-14(12)21(19,20)18-11-8-10-4-1-2-6-13(10)17-9-11/h1-9,18H. The van der Waals surface area contributed by atoms with Crippen LogP contribution >= 0.6 is 0 Å². The summed E-state index contributed by atoms with van der Waals surface area (Å²) < 4.78 is 40.1. The van der Waals surface area contributed by atoms with Gasteiger partial charge in [-0.25, -0.2) is 9.37 Å². The molecule has 0 aliphatic rings. The molecule has 7 heteroatoms. The molecule has 0 radical (unpaired) electrons. The molecule has 1 aromatic carbocycles. The maximum Gasteiger partial charge on any atom is 0.282 e.